The molecule has 0 bridgehead atoms. The van der Waals surface area contributed by atoms with Crippen LogP contribution in [0.2, 0.25) is 0 Å². The van der Waals surface area contributed by atoms with Crippen molar-refractivity contribution in [3.8, 4) is 0 Å². The van der Waals surface area contributed by atoms with Crippen LogP contribution < -0.4 is 5.32 Å². The van der Waals surface area contributed by atoms with Crippen LogP contribution in [0, 0.1) is 0 Å². The molecule has 0 aromatic carbocycles. The smallest absolute Gasteiger partial charge is 0.245 e. The summed E-state index contributed by atoms with van der Waals surface area (Å²) in [7, 11) is -2.80. The lowest BCUT2D eigenvalue weighted by molar-refractivity contribution is -0.129. The van der Waals surface area contributed by atoms with Gasteiger partial charge in [0.05, 0.1) is 11.5 Å². The highest BCUT2D eigenvalue weighted by Gasteiger charge is 2.33. The van der Waals surface area contributed by atoms with E-state index in [0.29, 0.717) is 17.5 Å². The Morgan fingerprint density at radius 1 is 1.04 bits per heavy atom. The van der Waals surface area contributed by atoms with Crippen molar-refractivity contribution in [2.75, 3.05) is 24.6 Å². The van der Waals surface area contributed by atoms with Crippen molar-refractivity contribution in [3.05, 3.63) is 24.5 Å². The van der Waals surface area contributed by atoms with Crippen molar-refractivity contribution in [2.24, 2.45) is 0 Å². The summed E-state index contributed by atoms with van der Waals surface area (Å²) >= 11 is 0. The number of amides is 1. The zero-order valence-corrected chi connectivity index (χ0v) is 16.0. The fraction of sp³-hybridized carbons (Fsp3) is 0.722. The number of nitrogens with zero attached hydrogens (tertiary/aromatic N) is 2. The molecule has 140 valence electrons. The van der Waals surface area contributed by atoms with Gasteiger partial charge in [0.25, 0.3) is 0 Å². The predicted molar refractivity (Wildman–Crippen MR) is 98.2 cm³/mol. The molecule has 6 nitrogen and oxygen atoms in total. The molecule has 3 rings (SSSR count). The average molecular weight is 368 g/mol. The van der Waals surface area contributed by atoms with Crippen molar-refractivity contribution >= 4 is 15.7 Å². The largest absolute Gasteiger partial charge is 0.351 e. The number of sulfone groups is 1. The van der Waals surface area contributed by atoms with Gasteiger partial charge in [-0.25, -0.2) is 8.42 Å². The second-order valence-electron chi connectivity index (χ2n) is 7.82. The third-order valence-corrected chi connectivity index (χ3v) is 7.43. The fourth-order valence-corrected chi connectivity index (χ4v) is 5.30. The van der Waals surface area contributed by atoms with Crippen molar-refractivity contribution < 1.29 is 13.2 Å². The molecule has 1 aromatic rings. The summed E-state index contributed by atoms with van der Waals surface area (Å²) in [5, 5.41) is 3.20. The van der Waals surface area contributed by atoms with Crippen LogP contribution in [0.1, 0.15) is 39.5 Å². The second kappa shape index (κ2) is 7.11. The Morgan fingerprint density at radius 3 is 2.16 bits per heavy atom. The van der Waals surface area contributed by atoms with E-state index in [1.807, 2.05) is 42.9 Å². The van der Waals surface area contributed by atoms with E-state index < -0.39 is 15.4 Å². The van der Waals surface area contributed by atoms with Crippen LogP contribution in [0.4, 0.5) is 0 Å². The van der Waals surface area contributed by atoms with Gasteiger partial charge in [0.2, 0.25) is 5.91 Å². The number of aromatic nitrogens is 1. The van der Waals surface area contributed by atoms with E-state index in [1.165, 1.54) is 0 Å². The quantitative estimate of drug-likeness (QED) is 0.873. The number of carbonyl (C=O) groups is 1. The van der Waals surface area contributed by atoms with E-state index in [1.54, 1.807) is 0 Å². The van der Waals surface area contributed by atoms with Gasteiger partial charge in [0.15, 0.2) is 0 Å². The van der Waals surface area contributed by atoms with Gasteiger partial charge >= 0.3 is 0 Å². The summed E-state index contributed by atoms with van der Waals surface area (Å²) in [6.07, 6.45) is 7.19. The summed E-state index contributed by atoms with van der Waals surface area (Å²) < 4.78 is 25.1. The first-order chi connectivity index (χ1) is 11.8. The Hall–Kier alpha value is -1.34. The highest BCUT2D eigenvalue weighted by molar-refractivity contribution is 7.91. The summed E-state index contributed by atoms with van der Waals surface area (Å²) in [5.74, 6) is 0.685. The molecule has 0 spiro atoms. The molecule has 0 aliphatic carbocycles. The van der Waals surface area contributed by atoms with E-state index in [-0.39, 0.29) is 11.9 Å². The van der Waals surface area contributed by atoms with Crippen molar-refractivity contribution in [2.45, 2.75) is 57.2 Å². The van der Waals surface area contributed by atoms with Gasteiger partial charge < -0.3 is 14.8 Å². The minimum absolute atomic E-state index is 0.0471. The molecule has 1 amide bonds. The Kier molecular flexibility index (Phi) is 5.25. The molecule has 0 atom stereocenters. The maximum absolute atomic E-state index is 12.7. The highest BCUT2D eigenvalue weighted by atomic mass is 32.2. The number of likely N-dealkylation sites (tertiary alicyclic amines) is 1. The fourth-order valence-electron chi connectivity index (χ4n) is 3.84. The lowest BCUT2D eigenvalue weighted by Gasteiger charge is -2.40. The maximum Gasteiger partial charge on any atom is 0.245 e. The van der Waals surface area contributed by atoms with E-state index in [4.69, 9.17) is 0 Å². The van der Waals surface area contributed by atoms with Crippen LogP contribution in [0.15, 0.2) is 24.5 Å². The second-order valence-corrected chi connectivity index (χ2v) is 10.1. The number of rotatable bonds is 4. The Labute approximate surface area is 150 Å². The van der Waals surface area contributed by atoms with Gasteiger partial charge in [-0.05, 0) is 51.7 Å². The molecule has 7 heteroatoms. The first kappa shape index (κ1) is 18.5. The van der Waals surface area contributed by atoms with Crippen LogP contribution in [-0.4, -0.2) is 60.5 Å². The number of nitrogens with one attached hydrogen (secondary N) is 1. The summed E-state index contributed by atoms with van der Waals surface area (Å²) in [6, 6.07) is 4.44. The molecule has 25 heavy (non-hydrogen) atoms. The zero-order chi connectivity index (χ0) is 18.1. The molecule has 3 heterocycles. The van der Waals surface area contributed by atoms with Gasteiger partial charge in [0.1, 0.15) is 15.4 Å². The van der Waals surface area contributed by atoms with Gasteiger partial charge in [-0.1, -0.05) is 0 Å². The SMILES string of the molecule is CC(C)(C(=O)NC1CCN(C2CCS(=O)(=O)CC2)CC1)n1cccc1. The third kappa shape index (κ3) is 4.26. The van der Waals surface area contributed by atoms with Crippen LogP contribution in [0.3, 0.4) is 0 Å². The molecular weight excluding hydrogens is 338 g/mol. The van der Waals surface area contributed by atoms with Crippen molar-refractivity contribution in [1.29, 1.82) is 0 Å². The normalized spacial score (nSPS) is 23.4. The van der Waals surface area contributed by atoms with Crippen molar-refractivity contribution in [1.82, 2.24) is 14.8 Å². The zero-order valence-electron chi connectivity index (χ0n) is 15.1. The standard InChI is InChI=1S/C18H29N3O3S/c1-18(2,21-9-3-4-10-21)17(22)19-15-5-11-20(12-6-15)16-7-13-25(23,24)14-8-16/h3-4,9-10,15-16H,5-8,11-14H2,1-2H3,(H,19,22). The summed E-state index contributed by atoms with van der Waals surface area (Å²) in [6.45, 7) is 5.72. The molecule has 0 unspecified atom stereocenters. The summed E-state index contributed by atoms with van der Waals surface area (Å²) in [4.78, 5) is 15.1. The molecule has 1 N–H and O–H groups in total. The maximum atomic E-state index is 12.7. The van der Waals surface area contributed by atoms with E-state index in [0.717, 1.165) is 38.8 Å². The number of piperidine rings is 1. The highest BCUT2D eigenvalue weighted by Crippen LogP contribution is 2.23. The molecule has 1 aromatic heterocycles. The van der Waals surface area contributed by atoms with Gasteiger partial charge in [0, 0.05) is 37.6 Å². The third-order valence-electron chi connectivity index (χ3n) is 5.71. The molecule has 0 saturated carbocycles. The molecule has 2 aliphatic heterocycles. The number of hydrogen-bond donors (Lipinski definition) is 1. The topological polar surface area (TPSA) is 71.4 Å². The van der Waals surface area contributed by atoms with E-state index in [2.05, 4.69) is 10.2 Å². The molecule has 0 radical (unpaired) electrons. The van der Waals surface area contributed by atoms with Crippen LogP contribution in [0.5, 0.6) is 0 Å². The number of hydrogen-bond acceptors (Lipinski definition) is 4. The molecular formula is C18H29N3O3S. The van der Waals surface area contributed by atoms with Crippen molar-refractivity contribution in [3.63, 3.8) is 0 Å². The number of carbonyl (C=O) groups excluding carboxylic acids is 1. The first-order valence-electron chi connectivity index (χ1n) is 9.17. The monoisotopic (exact) mass is 367 g/mol. The van der Waals surface area contributed by atoms with Crippen LogP contribution in [0.25, 0.3) is 0 Å². The van der Waals surface area contributed by atoms with Gasteiger partial charge in [-0.2, -0.15) is 0 Å². The lowest BCUT2D eigenvalue weighted by Crippen LogP contribution is -2.53. The van der Waals surface area contributed by atoms with Crippen LogP contribution in [-0.2, 0) is 20.2 Å². The lowest BCUT2D eigenvalue weighted by atomic mass is 9.98. The van der Waals surface area contributed by atoms with E-state index in [9.17, 15) is 13.2 Å². The first-order valence-corrected chi connectivity index (χ1v) is 11.0. The minimum atomic E-state index is -2.80. The molecule has 2 fully saturated rings. The van der Waals surface area contributed by atoms with Crippen LogP contribution >= 0.6 is 0 Å². The van der Waals surface area contributed by atoms with Gasteiger partial charge in [-0.3, -0.25) is 4.79 Å². The predicted octanol–water partition coefficient (Wildman–Crippen LogP) is 1.38. The van der Waals surface area contributed by atoms with Gasteiger partial charge in [-0.15, -0.1) is 0 Å². The Morgan fingerprint density at radius 2 is 1.60 bits per heavy atom. The summed E-state index contributed by atoms with van der Waals surface area (Å²) in [5.41, 5.74) is -0.599. The Bertz CT molecular complexity index is 675. The van der Waals surface area contributed by atoms with E-state index >= 15 is 0 Å². The minimum Gasteiger partial charge on any atom is -0.351 e. The molecule has 2 saturated heterocycles. The Balaban J connectivity index is 1.49. The average Bonchev–Trinajstić information content (AvgIpc) is 3.11. The molecule has 2 aliphatic rings.